The van der Waals surface area contributed by atoms with E-state index in [-0.39, 0.29) is 18.5 Å². The third-order valence-electron chi connectivity index (χ3n) is 3.43. The fraction of sp³-hybridized carbons (Fsp3) is 0.643. The summed E-state index contributed by atoms with van der Waals surface area (Å²) in [7, 11) is 0. The van der Waals surface area contributed by atoms with Gasteiger partial charge < -0.3 is 10.0 Å². The van der Waals surface area contributed by atoms with Gasteiger partial charge in [-0.25, -0.2) is 0 Å². The van der Waals surface area contributed by atoms with Crippen LogP contribution in [0.1, 0.15) is 42.7 Å². The molecule has 2 rings (SSSR count). The summed E-state index contributed by atoms with van der Waals surface area (Å²) in [6.45, 7) is 6.54. The number of carbonyl (C=O) groups excluding carboxylic acids is 1. The normalized spacial score (nSPS) is 14.6. The quantitative estimate of drug-likeness (QED) is 0.857. The van der Waals surface area contributed by atoms with Gasteiger partial charge in [0.15, 0.2) is 0 Å². The first kappa shape index (κ1) is 14.6. The van der Waals surface area contributed by atoms with E-state index in [4.69, 9.17) is 5.11 Å². The van der Waals surface area contributed by atoms with Crippen molar-refractivity contribution in [2.75, 3.05) is 6.54 Å². The van der Waals surface area contributed by atoms with Crippen LogP contribution in [-0.4, -0.2) is 44.3 Å². The minimum Gasteiger partial charge on any atom is -0.480 e. The number of aliphatic carboxylic acids is 1. The Bertz CT molecular complexity index is 518. The van der Waals surface area contributed by atoms with Gasteiger partial charge in [-0.3, -0.25) is 14.3 Å². The van der Waals surface area contributed by atoms with E-state index < -0.39 is 5.97 Å². The highest BCUT2D eigenvalue weighted by Crippen LogP contribution is 2.28. The zero-order valence-electron chi connectivity index (χ0n) is 12.2. The zero-order chi connectivity index (χ0) is 14.9. The summed E-state index contributed by atoms with van der Waals surface area (Å²) in [6, 6.07) is 0.0754. The third-order valence-corrected chi connectivity index (χ3v) is 3.43. The lowest BCUT2D eigenvalue weighted by Gasteiger charge is -2.20. The van der Waals surface area contributed by atoms with Crippen LogP contribution < -0.4 is 0 Å². The second-order valence-electron chi connectivity index (χ2n) is 5.78. The SMILES string of the molecule is Cc1c(C(=O)N(CC(=O)O)C2CC2)cnn1CC(C)C. The molecular weight excluding hydrogens is 258 g/mol. The molecule has 0 aromatic carbocycles. The molecule has 0 radical (unpaired) electrons. The Morgan fingerprint density at radius 2 is 2.15 bits per heavy atom. The van der Waals surface area contributed by atoms with Gasteiger partial charge in [0.05, 0.1) is 11.8 Å². The Morgan fingerprint density at radius 3 is 2.65 bits per heavy atom. The number of aromatic nitrogens is 2. The summed E-state index contributed by atoms with van der Waals surface area (Å²) in [5, 5.41) is 13.2. The molecule has 110 valence electrons. The number of nitrogens with zero attached hydrogens (tertiary/aromatic N) is 3. The number of hydrogen-bond donors (Lipinski definition) is 1. The van der Waals surface area contributed by atoms with Crippen molar-refractivity contribution in [1.29, 1.82) is 0 Å². The third kappa shape index (κ3) is 3.18. The summed E-state index contributed by atoms with van der Waals surface area (Å²) in [5.74, 6) is -0.755. The van der Waals surface area contributed by atoms with Crippen molar-refractivity contribution in [3.05, 3.63) is 17.5 Å². The molecule has 1 aliphatic carbocycles. The van der Waals surface area contributed by atoms with E-state index in [9.17, 15) is 9.59 Å². The average Bonchev–Trinajstić information content (AvgIpc) is 3.12. The molecule has 0 aliphatic heterocycles. The molecule has 1 aliphatic rings. The monoisotopic (exact) mass is 279 g/mol. The Morgan fingerprint density at radius 1 is 1.50 bits per heavy atom. The molecule has 0 bridgehead atoms. The van der Waals surface area contributed by atoms with Crippen molar-refractivity contribution in [2.45, 2.75) is 46.2 Å². The number of carbonyl (C=O) groups is 2. The molecule has 20 heavy (non-hydrogen) atoms. The van der Waals surface area contributed by atoms with Gasteiger partial charge in [-0.1, -0.05) is 13.8 Å². The first-order valence-corrected chi connectivity index (χ1v) is 6.95. The highest BCUT2D eigenvalue weighted by Gasteiger charge is 2.35. The molecule has 1 fully saturated rings. The number of hydrogen-bond acceptors (Lipinski definition) is 3. The molecule has 1 amide bonds. The molecule has 1 N–H and O–H groups in total. The highest BCUT2D eigenvalue weighted by molar-refractivity contribution is 5.97. The summed E-state index contributed by atoms with van der Waals surface area (Å²) in [5.41, 5.74) is 1.32. The van der Waals surface area contributed by atoms with Gasteiger partial charge in [-0.05, 0) is 25.7 Å². The Hall–Kier alpha value is -1.85. The van der Waals surface area contributed by atoms with Crippen LogP contribution in [0.2, 0.25) is 0 Å². The van der Waals surface area contributed by atoms with Crippen molar-refractivity contribution in [1.82, 2.24) is 14.7 Å². The molecular formula is C14H21N3O3. The molecule has 6 nitrogen and oxygen atoms in total. The van der Waals surface area contributed by atoms with E-state index in [0.717, 1.165) is 25.1 Å². The van der Waals surface area contributed by atoms with Crippen molar-refractivity contribution < 1.29 is 14.7 Å². The van der Waals surface area contributed by atoms with E-state index in [1.54, 1.807) is 6.20 Å². The molecule has 1 aromatic heterocycles. The molecule has 1 aromatic rings. The maximum Gasteiger partial charge on any atom is 0.323 e. The lowest BCUT2D eigenvalue weighted by Crippen LogP contribution is -2.37. The van der Waals surface area contributed by atoms with Gasteiger partial charge in [-0.2, -0.15) is 5.10 Å². The summed E-state index contributed by atoms with van der Waals surface area (Å²) < 4.78 is 1.81. The van der Waals surface area contributed by atoms with Crippen LogP contribution in [-0.2, 0) is 11.3 Å². The predicted octanol–water partition coefficient (Wildman–Crippen LogP) is 1.54. The van der Waals surface area contributed by atoms with Gasteiger partial charge in [0.1, 0.15) is 6.54 Å². The van der Waals surface area contributed by atoms with Crippen molar-refractivity contribution in [3.63, 3.8) is 0 Å². The molecule has 0 unspecified atom stereocenters. The maximum atomic E-state index is 12.5. The number of amides is 1. The standard InChI is InChI=1S/C14H21N3O3/c1-9(2)7-17-10(3)12(6-15-17)14(20)16(8-13(18)19)11-4-5-11/h6,9,11H,4-5,7-8H2,1-3H3,(H,18,19). The van der Waals surface area contributed by atoms with E-state index in [0.29, 0.717) is 11.5 Å². The van der Waals surface area contributed by atoms with Crippen molar-refractivity contribution in [3.8, 4) is 0 Å². The smallest absolute Gasteiger partial charge is 0.323 e. The minimum absolute atomic E-state index is 0.0754. The average molecular weight is 279 g/mol. The van der Waals surface area contributed by atoms with Gasteiger partial charge >= 0.3 is 5.97 Å². The molecule has 0 saturated heterocycles. The van der Waals surface area contributed by atoms with Gasteiger partial charge in [0.25, 0.3) is 5.91 Å². The van der Waals surface area contributed by atoms with Crippen LogP contribution in [0, 0.1) is 12.8 Å². The van der Waals surface area contributed by atoms with E-state index >= 15 is 0 Å². The lowest BCUT2D eigenvalue weighted by atomic mass is 10.2. The maximum absolute atomic E-state index is 12.5. The molecule has 0 spiro atoms. The van der Waals surface area contributed by atoms with Crippen LogP contribution in [0.15, 0.2) is 6.20 Å². The van der Waals surface area contributed by atoms with Crippen LogP contribution in [0.3, 0.4) is 0 Å². The largest absolute Gasteiger partial charge is 0.480 e. The minimum atomic E-state index is -0.975. The topological polar surface area (TPSA) is 75.4 Å². The number of carboxylic acid groups (broad SMARTS) is 1. The first-order chi connectivity index (χ1) is 9.40. The number of rotatable bonds is 6. The lowest BCUT2D eigenvalue weighted by molar-refractivity contribution is -0.137. The van der Waals surface area contributed by atoms with Gasteiger partial charge in [-0.15, -0.1) is 0 Å². The Balaban J connectivity index is 2.18. The van der Waals surface area contributed by atoms with E-state index in [2.05, 4.69) is 18.9 Å². The first-order valence-electron chi connectivity index (χ1n) is 6.95. The fourth-order valence-electron chi connectivity index (χ4n) is 2.24. The van der Waals surface area contributed by atoms with Gasteiger partial charge in [0, 0.05) is 18.3 Å². The molecule has 1 saturated carbocycles. The van der Waals surface area contributed by atoms with Crippen molar-refractivity contribution >= 4 is 11.9 Å². The second-order valence-corrected chi connectivity index (χ2v) is 5.78. The summed E-state index contributed by atoms with van der Waals surface area (Å²) in [6.07, 6.45) is 3.33. The van der Waals surface area contributed by atoms with E-state index in [1.807, 2.05) is 11.6 Å². The van der Waals surface area contributed by atoms with Crippen LogP contribution in [0.5, 0.6) is 0 Å². The summed E-state index contributed by atoms with van der Waals surface area (Å²) >= 11 is 0. The highest BCUT2D eigenvalue weighted by atomic mass is 16.4. The van der Waals surface area contributed by atoms with Crippen LogP contribution in [0.4, 0.5) is 0 Å². The Kier molecular flexibility index (Phi) is 4.11. The van der Waals surface area contributed by atoms with Gasteiger partial charge in [0.2, 0.25) is 0 Å². The Labute approximate surface area is 118 Å². The predicted molar refractivity (Wildman–Crippen MR) is 73.5 cm³/mol. The molecule has 0 atom stereocenters. The van der Waals surface area contributed by atoms with Crippen molar-refractivity contribution in [2.24, 2.45) is 5.92 Å². The molecule has 1 heterocycles. The molecule has 6 heteroatoms. The second kappa shape index (κ2) is 5.64. The van der Waals surface area contributed by atoms with Crippen LogP contribution >= 0.6 is 0 Å². The van der Waals surface area contributed by atoms with Crippen LogP contribution in [0.25, 0.3) is 0 Å². The van der Waals surface area contributed by atoms with E-state index in [1.165, 1.54) is 4.90 Å². The number of carboxylic acids is 1. The summed E-state index contributed by atoms with van der Waals surface area (Å²) in [4.78, 5) is 24.8. The zero-order valence-corrected chi connectivity index (χ0v) is 12.2. The fourth-order valence-corrected chi connectivity index (χ4v) is 2.24.